The molecule has 0 spiro atoms. The van der Waals surface area contributed by atoms with E-state index in [1.54, 1.807) is 11.8 Å². The van der Waals surface area contributed by atoms with Crippen molar-refractivity contribution in [3.8, 4) is 0 Å². The van der Waals surface area contributed by atoms with E-state index < -0.39 is 0 Å². The molecule has 0 unspecified atom stereocenters. The normalized spacial score (nSPS) is 13.6. The van der Waals surface area contributed by atoms with Crippen LogP contribution < -0.4 is 0 Å². The summed E-state index contributed by atoms with van der Waals surface area (Å²) >= 11 is 1.66. The summed E-state index contributed by atoms with van der Waals surface area (Å²) in [5.41, 5.74) is 2.29. The van der Waals surface area contributed by atoms with Crippen LogP contribution in [0.3, 0.4) is 0 Å². The lowest BCUT2D eigenvalue weighted by Crippen LogP contribution is -2.23. The highest BCUT2D eigenvalue weighted by Crippen LogP contribution is 2.35. The topological polar surface area (TPSA) is 34.0 Å². The van der Waals surface area contributed by atoms with Crippen molar-refractivity contribution in [1.29, 1.82) is 0 Å². The molecule has 0 aliphatic rings. The van der Waals surface area contributed by atoms with Crippen LogP contribution in [0.4, 0.5) is 4.39 Å². The van der Waals surface area contributed by atoms with E-state index in [1.807, 2.05) is 18.2 Å². The lowest BCUT2D eigenvalue weighted by atomic mass is 10.2. The maximum absolute atomic E-state index is 13.3. The fourth-order valence-electron chi connectivity index (χ4n) is 3.29. The third kappa shape index (κ3) is 4.80. The molecule has 6 heteroatoms. The molecule has 28 heavy (non-hydrogen) atoms. The van der Waals surface area contributed by atoms with Gasteiger partial charge in [0.05, 0.1) is 12.6 Å². The Morgan fingerprint density at radius 2 is 1.71 bits per heavy atom. The summed E-state index contributed by atoms with van der Waals surface area (Å²) in [4.78, 5) is 2.18. The van der Waals surface area contributed by atoms with Gasteiger partial charge in [-0.1, -0.05) is 61.2 Å². The van der Waals surface area contributed by atoms with Gasteiger partial charge in [-0.15, -0.1) is 10.2 Å². The Kier molecular flexibility index (Phi) is 6.86. The lowest BCUT2D eigenvalue weighted by molar-refractivity contribution is 0.272. The van der Waals surface area contributed by atoms with E-state index in [2.05, 4.69) is 71.9 Å². The first-order chi connectivity index (χ1) is 13.5. The summed E-state index contributed by atoms with van der Waals surface area (Å²) in [6.45, 7) is 5.01. The lowest BCUT2D eigenvalue weighted by Gasteiger charge is -2.23. The molecule has 0 saturated carbocycles. The van der Waals surface area contributed by atoms with Crippen molar-refractivity contribution in [2.45, 2.75) is 43.3 Å². The predicted molar refractivity (Wildman–Crippen MR) is 113 cm³/mol. The zero-order chi connectivity index (χ0) is 20.1. The standard InChI is InChI=1S/C22H27FN4S/c1-5-20(26(3)4)21-24-25-22(27(21)15-17-9-7-6-8-10-17)28-16(2)18-11-13-19(23)14-12-18/h6-14,16,20H,5,15H2,1-4H3/t16-,20+/m0/s1. The molecule has 0 bridgehead atoms. The molecule has 0 radical (unpaired) electrons. The Morgan fingerprint density at radius 1 is 1.04 bits per heavy atom. The van der Waals surface area contributed by atoms with Crippen molar-refractivity contribution in [2.75, 3.05) is 14.1 Å². The van der Waals surface area contributed by atoms with E-state index in [4.69, 9.17) is 0 Å². The highest BCUT2D eigenvalue weighted by Gasteiger charge is 2.23. The van der Waals surface area contributed by atoms with E-state index >= 15 is 0 Å². The average molecular weight is 399 g/mol. The summed E-state index contributed by atoms with van der Waals surface area (Å²) in [7, 11) is 4.15. The van der Waals surface area contributed by atoms with Crippen molar-refractivity contribution in [2.24, 2.45) is 0 Å². The molecule has 3 rings (SSSR count). The number of nitrogens with zero attached hydrogens (tertiary/aromatic N) is 4. The van der Waals surface area contributed by atoms with Crippen molar-refractivity contribution in [3.05, 3.63) is 77.4 Å². The molecule has 0 fully saturated rings. The number of halogens is 1. The van der Waals surface area contributed by atoms with E-state index in [0.29, 0.717) is 0 Å². The molecule has 3 aromatic rings. The van der Waals surface area contributed by atoms with Crippen LogP contribution in [0.15, 0.2) is 59.8 Å². The van der Waals surface area contributed by atoms with Gasteiger partial charge in [-0.2, -0.15) is 0 Å². The molecule has 0 N–H and O–H groups in total. The second kappa shape index (κ2) is 9.34. The van der Waals surface area contributed by atoms with Gasteiger partial charge in [-0.25, -0.2) is 4.39 Å². The van der Waals surface area contributed by atoms with Crippen molar-refractivity contribution in [3.63, 3.8) is 0 Å². The Bertz CT molecular complexity index is 877. The molecule has 0 aliphatic carbocycles. The van der Waals surface area contributed by atoms with E-state index in [-0.39, 0.29) is 17.1 Å². The third-order valence-electron chi connectivity index (χ3n) is 4.86. The Labute approximate surface area is 170 Å². The van der Waals surface area contributed by atoms with Crippen LogP contribution in [0, 0.1) is 5.82 Å². The number of rotatable bonds is 8. The van der Waals surface area contributed by atoms with Crippen LogP contribution in [0.1, 0.15) is 48.5 Å². The maximum atomic E-state index is 13.3. The molecule has 4 nitrogen and oxygen atoms in total. The molecular weight excluding hydrogens is 371 g/mol. The van der Waals surface area contributed by atoms with Gasteiger partial charge in [0.15, 0.2) is 11.0 Å². The van der Waals surface area contributed by atoms with Crippen LogP contribution in [0.25, 0.3) is 0 Å². The third-order valence-corrected chi connectivity index (χ3v) is 6.00. The summed E-state index contributed by atoms with van der Waals surface area (Å²) in [5, 5.41) is 10.1. The van der Waals surface area contributed by atoms with Crippen LogP contribution in [-0.4, -0.2) is 33.8 Å². The summed E-state index contributed by atoms with van der Waals surface area (Å²) in [6, 6.07) is 17.3. The number of hydrogen-bond acceptors (Lipinski definition) is 4. The molecule has 1 aromatic heterocycles. The van der Waals surface area contributed by atoms with Gasteiger partial charge in [0.1, 0.15) is 5.82 Å². The Balaban J connectivity index is 1.93. The molecule has 0 saturated heterocycles. The maximum Gasteiger partial charge on any atom is 0.192 e. The van der Waals surface area contributed by atoms with E-state index in [1.165, 1.54) is 17.7 Å². The molecule has 148 valence electrons. The van der Waals surface area contributed by atoms with Crippen molar-refractivity contribution < 1.29 is 4.39 Å². The van der Waals surface area contributed by atoms with E-state index in [0.717, 1.165) is 29.5 Å². The smallest absolute Gasteiger partial charge is 0.192 e. The van der Waals surface area contributed by atoms with Gasteiger partial charge in [0, 0.05) is 5.25 Å². The molecule has 2 atom stereocenters. The molecule has 0 amide bonds. The van der Waals surface area contributed by atoms with Crippen LogP contribution in [-0.2, 0) is 6.54 Å². The molecular formula is C22H27FN4S. The van der Waals surface area contributed by atoms with Gasteiger partial charge in [-0.3, -0.25) is 4.90 Å². The Hall–Kier alpha value is -2.18. The van der Waals surface area contributed by atoms with Crippen molar-refractivity contribution in [1.82, 2.24) is 19.7 Å². The number of aromatic nitrogens is 3. The van der Waals surface area contributed by atoms with Gasteiger partial charge in [0.25, 0.3) is 0 Å². The average Bonchev–Trinajstić information content (AvgIpc) is 3.05. The van der Waals surface area contributed by atoms with Crippen LogP contribution in [0.2, 0.25) is 0 Å². The van der Waals surface area contributed by atoms with Crippen LogP contribution in [0.5, 0.6) is 0 Å². The summed E-state index contributed by atoms with van der Waals surface area (Å²) < 4.78 is 15.5. The van der Waals surface area contributed by atoms with E-state index in [9.17, 15) is 4.39 Å². The minimum absolute atomic E-state index is 0.145. The second-order valence-electron chi connectivity index (χ2n) is 7.11. The second-order valence-corrected chi connectivity index (χ2v) is 8.42. The largest absolute Gasteiger partial charge is 0.300 e. The van der Waals surface area contributed by atoms with Crippen LogP contribution >= 0.6 is 11.8 Å². The van der Waals surface area contributed by atoms with Gasteiger partial charge < -0.3 is 4.57 Å². The molecule has 0 aliphatic heterocycles. The highest BCUT2D eigenvalue weighted by molar-refractivity contribution is 7.99. The van der Waals surface area contributed by atoms with Crippen molar-refractivity contribution >= 4 is 11.8 Å². The fourth-order valence-corrected chi connectivity index (χ4v) is 4.27. The minimum Gasteiger partial charge on any atom is -0.300 e. The number of hydrogen-bond donors (Lipinski definition) is 0. The molecule has 2 aromatic carbocycles. The SMILES string of the molecule is CC[C@H](c1nnc(S[C@@H](C)c2ccc(F)cc2)n1Cc1ccccc1)N(C)C. The number of benzene rings is 2. The fraction of sp³-hybridized carbons (Fsp3) is 0.364. The predicted octanol–water partition coefficient (Wildman–Crippen LogP) is 5.33. The van der Waals surface area contributed by atoms with Gasteiger partial charge in [0.2, 0.25) is 0 Å². The molecule has 1 heterocycles. The zero-order valence-corrected chi connectivity index (χ0v) is 17.7. The first-order valence-electron chi connectivity index (χ1n) is 9.55. The first kappa shape index (κ1) is 20.6. The monoisotopic (exact) mass is 398 g/mol. The zero-order valence-electron chi connectivity index (χ0n) is 16.8. The first-order valence-corrected chi connectivity index (χ1v) is 10.4. The highest BCUT2D eigenvalue weighted by atomic mass is 32.2. The Morgan fingerprint density at radius 3 is 2.32 bits per heavy atom. The minimum atomic E-state index is -0.216. The van der Waals surface area contributed by atoms with Gasteiger partial charge >= 0.3 is 0 Å². The number of thioether (sulfide) groups is 1. The quantitative estimate of drug-likeness (QED) is 0.480. The van der Waals surface area contributed by atoms with Gasteiger partial charge in [-0.05, 0) is 50.7 Å². The summed E-state index contributed by atoms with van der Waals surface area (Å²) in [5.74, 6) is 0.761. The summed E-state index contributed by atoms with van der Waals surface area (Å²) in [6.07, 6.45) is 0.956.